The van der Waals surface area contributed by atoms with Crippen LogP contribution in [0.4, 0.5) is 0 Å². The second-order valence-electron chi connectivity index (χ2n) is 4.96. The minimum absolute atomic E-state index is 0.496. The van der Waals surface area contributed by atoms with Crippen LogP contribution in [0.15, 0.2) is 41.4 Å². The normalized spacial score (nSPS) is 15.8. The number of guanidine groups is 1. The first-order chi connectivity index (χ1) is 9.28. The lowest BCUT2D eigenvalue weighted by atomic mass is 10.1. The SMILES string of the molecule is CCNC(=NCc1ccc(C)cc1)NC1CC=CC1. The molecule has 0 saturated heterocycles. The number of aliphatic imine (C=N–C) groups is 1. The molecule has 0 bridgehead atoms. The number of hydrogen-bond acceptors (Lipinski definition) is 1. The smallest absolute Gasteiger partial charge is 0.191 e. The molecule has 0 aliphatic heterocycles. The van der Waals surface area contributed by atoms with E-state index in [0.29, 0.717) is 6.04 Å². The van der Waals surface area contributed by atoms with Gasteiger partial charge in [-0.3, -0.25) is 0 Å². The van der Waals surface area contributed by atoms with Crippen molar-refractivity contribution in [2.24, 2.45) is 4.99 Å². The highest BCUT2D eigenvalue weighted by molar-refractivity contribution is 5.80. The molecule has 0 radical (unpaired) electrons. The maximum Gasteiger partial charge on any atom is 0.191 e. The molecule has 0 amide bonds. The van der Waals surface area contributed by atoms with E-state index in [9.17, 15) is 0 Å². The van der Waals surface area contributed by atoms with Crippen molar-refractivity contribution in [3.8, 4) is 0 Å². The van der Waals surface area contributed by atoms with Crippen molar-refractivity contribution in [3.05, 3.63) is 47.5 Å². The second kappa shape index (κ2) is 6.98. The Balaban J connectivity index is 1.93. The van der Waals surface area contributed by atoms with Gasteiger partial charge in [0.2, 0.25) is 0 Å². The second-order valence-corrected chi connectivity index (χ2v) is 4.96. The van der Waals surface area contributed by atoms with Crippen LogP contribution in [0.3, 0.4) is 0 Å². The van der Waals surface area contributed by atoms with Crippen LogP contribution in [0.1, 0.15) is 30.9 Å². The van der Waals surface area contributed by atoms with Gasteiger partial charge in [0, 0.05) is 12.6 Å². The zero-order chi connectivity index (χ0) is 13.5. The van der Waals surface area contributed by atoms with Crippen LogP contribution in [-0.2, 0) is 6.54 Å². The largest absolute Gasteiger partial charge is 0.357 e. The molecule has 0 unspecified atom stereocenters. The van der Waals surface area contributed by atoms with Crippen LogP contribution in [0.2, 0.25) is 0 Å². The summed E-state index contributed by atoms with van der Waals surface area (Å²) in [6, 6.07) is 9.04. The standard InChI is InChI=1S/C16H23N3/c1-3-17-16(19-15-6-4-5-7-15)18-12-14-10-8-13(2)9-11-14/h4-5,8-11,15H,3,6-7,12H2,1-2H3,(H2,17,18,19). The molecular formula is C16H23N3. The molecule has 0 saturated carbocycles. The monoisotopic (exact) mass is 257 g/mol. The Hall–Kier alpha value is -1.77. The Morgan fingerprint density at radius 2 is 1.89 bits per heavy atom. The Kier molecular flexibility index (Phi) is 5.01. The molecule has 3 heteroatoms. The van der Waals surface area contributed by atoms with Crippen molar-refractivity contribution in [2.75, 3.05) is 6.54 Å². The minimum Gasteiger partial charge on any atom is -0.357 e. The number of nitrogens with zero attached hydrogens (tertiary/aromatic N) is 1. The fourth-order valence-electron chi connectivity index (χ4n) is 2.11. The molecular weight excluding hydrogens is 234 g/mol. The number of hydrogen-bond donors (Lipinski definition) is 2. The van der Waals surface area contributed by atoms with Crippen LogP contribution in [0, 0.1) is 6.92 Å². The third-order valence-electron chi connectivity index (χ3n) is 3.23. The van der Waals surface area contributed by atoms with Crippen molar-refractivity contribution >= 4 is 5.96 Å². The van der Waals surface area contributed by atoms with Crippen LogP contribution in [-0.4, -0.2) is 18.5 Å². The van der Waals surface area contributed by atoms with Gasteiger partial charge in [0.05, 0.1) is 6.54 Å². The first-order valence-electron chi connectivity index (χ1n) is 7.03. The van der Waals surface area contributed by atoms with E-state index in [2.05, 4.69) is 65.9 Å². The Bertz CT molecular complexity index is 438. The third-order valence-corrected chi connectivity index (χ3v) is 3.23. The lowest BCUT2D eigenvalue weighted by molar-refractivity contribution is 0.633. The first-order valence-corrected chi connectivity index (χ1v) is 7.03. The molecule has 3 nitrogen and oxygen atoms in total. The van der Waals surface area contributed by atoms with Crippen molar-refractivity contribution in [1.29, 1.82) is 0 Å². The maximum atomic E-state index is 4.64. The van der Waals surface area contributed by atoms with E-state index in [4.69, 9.17) is 0 Å². The molecule has 0 heterocycles. The van der Waals surface area contributed by atoms with Crippen molar-refractivity contribution in [1.82, 2.24) is 10.6 Å². The number of rotatable bonds is 4. The zero-order valence-electron chi connectivity index (χ0n) is 11.8. The van der Waals surface area contributed by atoms with Gasteiger partial charge in [-0.05, 0) is 32.3 Å². The van der Waals surface area contributed by atoms with E-state index < -0.39 is 0 Å². The zero-order valence-corrected chi connectivity index (χ0v) is 11.8. The van der Waals surface area contributed by atoms with Crippen LogP contribution in [0.25, 0.3) is 0 Å². The van der Waals surface area contributed by atoms with E-state index in [1.807, 2.05) is 0 Å². The summed E-state index contributed by atoms with van der Waals surface area (Å²) in [7, 11) is 0. The van der Waals surface area contributed by atoms with Gasteiger partial charge in [-0.1, -0.05) is 42.0 Å². The third kappa shape index (κ3) is 4.43. The molecule has 1 aliphatic rings. The first kappa shape index (κ1) is 13.7. The maximum absolute atomic E-state index is 4.64. The Labute approximate surface area is 115 Å². The summed E-state index contributed by atoms with van der Waals surface area (Å²) in [5.74, 6) is 0.914. The van der Waals surface area contributed by atoms with E-state index in [1.165, 1.54) is 11.1 Å². The minimum atomic E-state index is 0.496. The molecule has 1 aromatic carbocycles. The summed E-state index contributed by atoms with van der Waals surface area (Å²) in [6.07, 6.45) is 6.63. The summed E-state index contributed by atoms with van der Waals surface area (Å²) < 4.78 is 0. The average Bonchev–Trinajstić information content (AvgIpc) is 2.91. The fraction of sp³-hybridized carbons (Fsp3) is 0.438. The average molecular weight is 257 g/mol. The highest BCUT2D eigenvalue weighted by Gasteiger charge is 2.11. The van der Waals surface area contributed by atoms with Crippen molar-refractivity contribution in [2.45, 2.75) is 39.3 Å². The molecule has 2 N–H and O–H groups in total. The highest BCUT2D eigenvalue weighted by Crippen LogP contribution is 2.09. The van der Waals surface area contributed by atoms with Crippen LogP contribution >= 0.6 is 0 Å². The van der Waals surface area contributed by atoms with Crippen LogP contribution in [0.5, 0.6) is 0 Å². The van der Waals surface area contributed by atoms with Crippen molar-refractivity contribution < 1.29 is 0 Å². The van der Waals surface area contributed by atoms with E-state index >= 15 is 0 Å². The van der Waals surface area contributed by atoms with Gasteiger partial charge < -0.3 is 10.6 Å². The molecule has 19 heavy (non-hydrogen) atoms. The van der Waals surface area contributed by atoms with Gasteiger partial charge >= 0.3 is 0 Å². The predicted molar refractivity (Wildman–Crippen MR) is 81.3 cm³/mol. The van der Waals surface area contributed by atoms with Gasteiger partial charge in [0.1, 0.15) is 0 Å². The van der Waals surface area contributed by atoms with Gasteiger partial charge in [-0.15, -0.1) is 0 Å². The fourth-order valence-corrected chi connectivity index (χ4v) is 2.11. The molecule has 2 rings (SSSR count). The number of aryl methyl sites for hydroxylation is 1. The van der Waals surface area contributed by atoms with Crippen molar-refractivity contribution in [3.63, 3.8) is 0 Å². The quantitative estimate of drug-likeness (QED) is 0.494. The lowest BCUT2D eigenvalue weighted by Crippen LogP contribution is -2.42. The summed E-state index contributed by atoms with van der Waals surface area (Å²) >= 11 is 0. The lowest BCUT2D eigenvalue weighted by Gasteiger charge is -2.16. The molecule has 0 aromatic heterocycles. The summed E-state index contributed by atoms with van der Waals surface area (Å²) in [4.78, 5) is 4.64. The molecule has 0 atom stereocenters. The van der Waals surface area contributed by atoms with Crippen LogP contribution < -0.4 is 10.6 Å². The van der Waals surface area contributed by atoms with E-state index in [0.717, 1.165) is 31.9 Å². The van der Waals surface area contributed by atoms with Gasteiger partial charge in [0.25, 0.3) is 0 Å². The van der Waals surface area contributed by atoms with Gasteiger partial charge in [-0.25, -0.2) is 4.99 Å². The predicted octanol–water partition coefficient (Wildman–Crippen LogP) is 2.77. The Morgan fingerprint density at radius 1 is 1.21 bits per heavy atom. The molecule has 0 fully saturated rings. The Morgan fingerprint density at radius 3 is 2.53 bits per heavy atom. The molecule has 1 aromatic rings. The number of benzene rings is 1. The van der Waals surface area contributed by atoms with Gasteiger partial charge in [0.15, 0.2) is 5.96 Å². The molecule has 1 aliphatic carbocycles. The number of nitrogens with one attached hydrogen (secondary N) is 2. The van der Waals surface area contributed by atoms with Gasteiger partial charge in [-0.2, -0.15) is 0 Å². The summed E-state index contributed by atoms with van der Waals surface area (Å²) in [6.45, 7) is 5.80. The molecule has 102 valence electrons. The van der Waals surface area contributed by atoms with E-state index in [1.54, 1.807) is 0 Å². The molecule has 0 spiro atoms. The van der Waals surface area contributed by atoms with E-state index in [-0.39, 0.29) is 0 Å². The summed E-state index contributed by atoms with van der Waals surface area (Å²) in [5.41, 5.74) is 2.53. The summed E-state index contributed by atoms with van der Waals surface area (Å²) in [5, 5.41) is 6.78. The highest BCUT2D eigenvalue weighted by atomic mass is 15.2. The topological polar surface area (TPSA) is 36.4 Å².